The lowest BCUT2D eigenvalue weighted by molar-refractivity contribution is -0.137. The summed E-state index contributed by atoms with van der Waals surface area (Å²) in [5.74, 6) is 0.311. The van der Waals surface area contributed by atoms with Gasteiger partial charge in [-0.2, -0.15) is 13.2 Å². The van der Waals surface area contributed by atoms with Crippen molar-refractivity contribution in [1.29, 1.82) is 0 Å². The first-order valence-electron chi connectivity index (χ1n) is 5.59. The molecule has 0 N–H and O–H groups in total. The van der Waals surface area contributed by atoms with Crippen molar-refractivity contribution in [2.75, 3.05) is 18.5 Å². The van der Waals surface area contributed by atoms with Crippen LogP contribution in [0.15, 0.2) is 29.9 Å². The van der Waals surface area contributed by atoms with Gasteiger partial charge in [-0.15, -0.1) is 11.3 Å². The molecule has 2 aromatic heterocycles. The van der Waals surface area contributed by atoms with Gasteiger partial charge in [0.2, 0.25) is 0 Å². The first-order chi connectivity index (χ1) is 8.97. The second kappa shape index (κ2) is 5.56. The third kappa shape index (κ3) is 3.66. The van der Waals surface area contributed by atoms with Crippen LogP contribution < -0.4 is 4.90 Å². The molecule has 2 rings (SSSR count). The third-order valence-electron chi connectivity index (χ3n) is 2.61. The van der Waals surface area contributed by atoms with Crippen molar-refractivity contribution in [3.05, 3.63) is 40.5 Å². The molecule has 102 valence electrons. The number of nitrogens with zero attached hydrogens (tertiary/aromatic N) is 3. The van der Waals surface area contributed by atoms with Crippen LogP contribution in [0.4, 0.5) is 19.0 Å². The van der Waals surface area contributed by atoms with Crippen LogP contribution >= 0.6 is 11.3 Å². The van der Waals surface area contributed by atoms with Crippen molar-refractivity contribution in [3.63, 3.8) is 0 Å². The van der Waals surface area contributed by atoms with Crippen LogP contribution in [0.1, 0.15) is 10.6 Å². The van der Waals surface area contributed by atoms with Gasteiger partial charge in [-0.3, -0.25) is 0 Å². The Morgan fingerprint density at radius 3 is 2.68 bits per heavy atom. The zero-order valence-electron chi connectivity index (χ0n) is 10.2. The molecule has 0 unspecified atom stereocenters. The molecule has 0 aliphatic carbocycles. The van der Waals surface area contributed by atoms with Crippen LogP contribution in [-0.4, -0.2) is 23.6 Å². The maximum Gasteiger partial charge on any atom is 0.416 e. The molecule has 0 atom stereocenters. The van der Waals surface area contributed by atoms with Crippen molar-refractivity contribution in [3.8, 4) is 0 Å². The number of thiazole rings is 1. The van der Waals surface area contributed by atoms with Crippen LogP contribution in [0.2, 0.25) is 0 Å². The Balaban J connectivity index is 2.04. The second-order valence-corrected chi connectivity index (χ2v) is 4.98. The van der Waals surface area contributed by atoms with E-state index in [0.717, 1.165) is 17.1 Å². The lowest BCUT2D eigenvalue weighted by Crippen LogP contribution is -2.22. The number of anilines is 1. The normalized spacial score (nSPS) is 11.6. The summed E-state index contributed by atoms with van der Waals surface area (Å²) in [5, 5.41) is 2.83. The Hall–Kier alpha value is -1.63. The monoisotopic (exact) mass is 287 g/mol. The van der Waals surface area contributed by atoms with E-state index in [0.29, 0.717) is 18.8 Å². The highest BCUT2D eigenvalue weighted by atomic mass is 32.1. The van der Waals surface area contributed by atoms with E-state index in [9.17, 15) is 13.2 Å². The average Bonchev–Trinajstić information content (AvgIpc) is 2.88. The maximum absolute atomic E-state index is 12.6. The van der Waals surface area contributed by atoms with E-state index in [4.69, 9.17) is 0 Å². The van der Waals surface area contributed by atoms with Gasteiger partial charge in [0.15, 0.2) is 0 Å². The fraction of sp³-hybridized carbons (Fsp3) is 0.333. The van der Waals surface area contributed by atoms with Crippen LogP contribution in [0.3, 0.4) is 0 Å². The van der Waals surface area contributed by atoms with Crippen LogP contribution in [0.5, 0.6) is 0 Å². The van der Waals surface area contributed by atoms with Crippen LogP contribution in [0.25, 0.3) is 0 Å². The Bertz CT molecular complexity index is 525. The summed E-state index contributed by atoms with van der Waals surface area (Å²) < 4.78 is 37.8. The first kappa shape index (κ1) is 13.8. The van der Waals surface area contributed by atoms with Crippen molar-refractivity contribution in [2.45, 2.75) is 12.6 Å². The highest BCUT2D eigenvalue weighted by Crippen LogP contribution is 2.30. The molecule has 0 spiro atoms. The quantitative estimate of drug-likeness (QED) is 0.864. The van der Waals surface area contributed by atoms with E-state index < -0.39 is 11.7 Å². The summed E-state index contributed by atoms with van der Waals surface area (Å²) in [4.78, 5) is 9.78. The van der Waals surface area contributed by atoms with Crippen molar-refractivity contribution in [1.82, 2.24) is 9.97 Å². The standard InChI is InChI=1S/C12H12F3N3S/c1-18(6-3-11-17-5-7-19-11)10-8-9(2-4-16-10)12(13,14)15/h2,4-5,7-8H,3,6H2,1H3. The molecule has 7 heteroatoms. The zero-order chi connectivity index (χ0) is 13.9. The number of pyridine rings is 1. The molecular formula is C12H12F3N3S. The molecule has 0 aromatic carbocycles. The van der Waals surface area contributed by atoms with Gasteiger partial charge in [0.25, 0.3) is 0 Å². The van der Waals surface area contributed by atoms with Gasteiger partial charge in [-0.05, 0) is 12.1 Å². The smallest absolute Gasteiger partial charge is 0.359 e. The van der Waals surface area contributed by atoms with E-state index in [-0.39, 0.29) is 0 Å². The maximum atomic E-state index is 12.6. The average molecular weight is 287 g/mol. The minimum Gasteiger partial charge on any atom is -0.359 e. The van der Waals surface area contributed by atoms with Gasteiger partial charge >= 0.3 is 6.18 Å². The van der Waals surface area contributed by atoms with Crippen molar-refractivity contribution < 1.29 is 13.2 Å². The Morgan fingerprint density at radius 1 is 1.26 bits per heavy atom. The molecule has 0 radical (unpaired) electrons. The summed E-state index contributed by atoms with van der Waals surface area (Å²) in [5.41, 5.74) is -0.682. The molecule has 0 bridgehead atoms. The summed E-state index contributed by atoms with van der Waals surface area (Å²) in [7, 11) is 1.72. The number of aromatic nitrogens is 2. The number of halogens is 3. The van der Waals surface area contributed by atoms with Gasteiger partial charge in [0.1, 0.15) is 5.82 Å². The predicted octanol–water partition coefficient (Wildman–Crippen LogP) is 3.24. The van der Waals surface area contributed by atoms with Gasteiger partial charge in [-0.25, -0.2) is 9.97 Å². The second-order valence-electron chi connectivity index (χ2n) is 4.00. The molecule has 0 aliphatic heterocycles. The molecule has 0 saturated carbocycles. The van der Waals surface area contributed by atoms with E-state index >= 15 is 0 Å². The Labute approximate surface area is 112 Å². The molecule has 0 saturated heterocycles. The number of rotatable bonds is 4. The van der Waals surface area contributed by atoms with E-state index in [1.54, 1.807) is 18.1 Å². The van der Waals surface area contributed by atoms with Crippen LogP contribution in [0, 0.1) is 0 Å². The number of likely N-dealkylation sites (N-methyl/N-ethyl adjacent to an activating group) is 1. The lowest BCUT2D eigenvalue weighted by Gasteiger charge is -2.18. The number of alkyl halides is 3. The Kier molecular flexibility index (Phi) is 4.04. The molecule has 2 heterocycles. The van der Waals surface area contributed by atoms with Crippen molar-refractivity contribution in [2.24, 2.45) is 0 Å². The number of hydrogen-bond acceptors (Lipinski definition) is 4. The zero-order valence-corrected chi connectivity index (χ0v) is 11.0. The summed E-state index contributed by atoms with van der Waals surface area (Å²) in [6, 6.07) is 2.03. The summed E-state index contributed by atoms with van der Waals surface area (Å²) in [6.07, 6.45) is -0.763. The van der Waals surface area contributed by atoms with Gasteiger partial charge in [0.05, 0.1) is 10.6 Å². The molecule has 0 amide bonds. The predicted molar refractivity (Wildman–Crippen MR) is 68.3 cm³/mol. The number of hydrogen-bond donors (Lipinski definition) is 0. The van der Waals surface area contributed by atoms with Crippen LogP contribution in [-0.2, 0) is 12.6 Å². The van der Waals surface area contributed by atoms with Gasteiger partial charge in [-0.1, -0.05) is 0 Å². The summed E-state index contributed by atoms with van der Waals surface area (Å²) in [6.45, 7) is 0.571. The van der Waals surface area contributed by atoms with E-state index in [1.165, 1.54) is 17.5 Å². The minimum absolute atomic E-state index is 0.311. The third-order valence-corrected chi connectivity index (χ3v) is 3.45. The highest BCUT2D eigenvalue weighted by molar-refractivity contribution is 7.09. The fourth-order valence-corrected chi connectivity index (χ4v) is 2.17. The SMILES string of the molecule is CN(CCc1nccs1)c1cc(C(F)(F)F)ccn1. The first-order valence-corrected chi connectivity index (χ1v) is 6.47. The molecule has 2 aromatic rings. The highest BCUT2D eigenvalue weighted by Gasteiger charge is 2.30. The van der Waals surface area contributed by atoms with E-state index in [1.807, 2.05) is 5.38 Å². The molecule has 0 fully saturated rings. The van der Waals surface area contributed by atoms with Crippen molar-refractivity contribution >= 4 is 17.2 Å². The molecule has 19 heavy (non-hydrogen) atoms. The van der Waals surface area contributed by atoms with E-state index in [2.05, 4.69) is 9.97 Å². The Morgan fingerprint density at radius 2 is 2.05 bits per heavy atom. The topological polar surface area (TPSA) is 29.0 Å². The lowest BCUT2D eigenvalue weighted by atomic mass is 10.2. The fourth-order valence-electron chi connectivity index (χ4n) is 1.56. The molecular weight excluding hydrogens is 275 g/mol. The molecule has 0 aliphatic rings. The molecule has 3 nitrogen and oxygen atoms in total. The minimum atomic E-state index is -4.34. The van der Waals surface area contributed by atoms with Gasteiger partial charge < -0.3 is 4.90 Å². The largest absolute Gasteiger partial charge is 0.416 e. The summed E-state index contributed by atoms with van der Waals surface area (Å²) >= 11 is 1.53. The van der Waals surface area contributed by atoms with Gasteiger partial charge in [0, 0.05) is 37.8 Å².